The number of rotatable bonds is 3. The fourth-order valence-electron chi connectivity index (χ4n) is 4.37. The molecule has 0 bridgehead atoms. The first-order valence-corrected chi connectivity index (χ1v) is 8.59. The van der Waals surface area contributed by atoms with Gasteiger partial charge in [0.25, 0.3) is 0 Å². The number of carbonyl (C=O) groups is 1. The molecule has 1 unspecified atom stereocenters. The number of nitrogens with zero attached hydrogens (tertiary/aromatic N) is 1. The second-order valence-electron chi connectivity index (χ2n) is 6.74. The Bertz CT molecular complexity index is 405. The summed E-state index contributed by atoms with van der Waals surface area (Å²) in [5.41, 5.74) is 0. The molecule has 4 rings (SSSR count). The summed E-state index contributed by atoms with van der Waals surface area (Å²) in [6, 6.07) is 0.255. The number of morpholine rings is 1. The van der Waals surface area contributed by atoms with Crippen molar-refractivity contribution >= 4 is 5.97 Å². The summed E-state index contributed by atoms with van der Waals surface area (Å²) in [6.45, 7) is 4.13. The van der Waals surface area contributed by atoms with Crippen LogP contribution in [0, 0.1) is 5.92 Å². The van der Waals surface area contributed by atoms with Crippen LogP contribution in [0.25, 0.3) is 0 Å². The van der Waals surface area contributed by atoms with E-state index in [-0.39, 0.29) is 36.4 Å². The molecule has 0 aromatic carbocycles. The lowest BCUT2D eigenvalue weighted by Crippen LogP contribution is -2.51. The van der Waals surface area contributed by atoms with Gasteiger partial charge in [-0.25, -0.2) is 0 Å². The number of hydrogen-bond acceptors (Lipinski definition) is 6. The lowest BCUT2D eigenvalue weighted by molar-refractivity contribution is -0.201. The highest BCUT2D eigenvalue weighted by molar-refractivity contribution is 5.72. The first-order valence-electron chi connectivity index (χ1n) is 8.59. The number of fused-ring (bicyclic) bond motifs is 1. The third-order valence-corrected chi connectivity index (χ3v) is 5.38. The van der Waals surface area contributed by atoms with E-state index in [0.29, 0.717) is 6.42 Å². The van der Waals surface area contributed by atoms with E-state index in [4.69, 9.17) is 18.9 Å². The number of ether oxygens (including phenoxy) is 4. The molecular weight excluding hydrogens is 286 g/mol. The van der Waals surface area contributed by atoms with Crippen LogP contribution in [-0.2, 0) is 23.7 Å². The van der Waals surface area contributed by atoms with E-state index in [1.165, 1.54) is 6.42 Å². The maximum Gasteiger partial charge on any atom is 0.306 e. The second kappa shape index (κ2) is 6.43. The molecule has 0 radical (unpaired) electrons. The molecule has 0 amide bonds. The van der Waals surface area contributed by atoms with Crippen LogP contribution in [0.4, 0.5) is 0 Å². The summed E-state index contributed by atoms with van der Waals surface area (Å²) in [5.74, 6) is 0.208. The molecule has 1 aliphatic carbocycles. The fraction of sp³-hybridized carbons (Fsp3) is 0.938. The Balaban J connectivity index is 1.47. The smallest absolute Gasteiger partial charge is 0.306 e. The van der Waals surface area contributed by atoms with E-state index >= 15 is 0 Å². The van der Waals surface area contributed by atoms with Crippen LogP contribution < -0.4 is 0 Å². The molecule has 6 heteroatoms. The van der Waals surface area contributed by atoms with Crippen LogP contribution in [0.15, 0.2) is 0 Å². The minimum absolute atomic E-state index is 0.0222. The Labute approximate surface area is 131 Å². The molecule has 0 N–H and O–H groups in total. The summed E-state index contributed by atoms with van der Waals surface area (Å²) < 4.78 is 23.0. The van der Waals surface area contributed by atoms with Gasteiger partial charge in [-0.05, 0) is 19.3 Å². The molecule has 124 valence electrons. The Hall–Kier alpha value is -0.690. The molecule has 3 saturated heterocycles. The molecule has 0 aromatic heterocycles. The number of esters is 1. The zero-order chi connectivity index (χ0) is 14.9. The Kier molecular flexibility index (Phi) is 4.35. The summed E-state index contributed by atoms with van der Waals surface area (Å²) in [6.07, 6.45) is 4.63. The van der Waals surface area contributed by atoms with Crippen molar-refractivity contribution in [3.05, 3.63) is 0 Å². The predicted molar refractivity (Wildman–Crippen MR) is 77.2 cm³/mol. The summed E-state index contributed by atoms with van der Waals surface area (Å²) >= 11 is 0. The topological polar surface area (TPSA) is 57.2 Å². The van der Waals surface area contributed by atoms with Crippen molar-refractivity contribution in [1.29, 1.82) is 0 Å². The SMILES string of the molecule is O=C1C[C@H]2[C@@H](N3CCOCC3)[C@H](OC3CCCCO3)C[C@H]2O1. The molecule has 1 saturated carbocycles. The van der Waals surface area contributed by atoms with Crippen LogP contribution in [0.5, 0.6) is 0 Å². The Morgan fingerprint density at radius 1 is 1.14 bits per heavy atom. The van der Waals surface area contributed by atoms with Crippen LogP contribution in [-0.4, -0.2) is 68.3 Å². The third-order valence-electron chi connectivity index (χ3n) is 5.38. The summed E-state index contributed by atoms with van der Waals surface area (Å²) in [5, 5.41) is 0. The van der Waals surface area contributed by atoms with Gasteiger partial charge >= 0.3 is 5.97 Å². The minimum atomic E-state index is -0.0863. The van der Waals surface area contributed by atoms with Crippen molar-refractivity contribution in [2.45, 2.75) is 56.6 Å². The monoisotopic (exact) mass is 311 g/mol. The molecule has 22 heavy (non-hydrogen) atoms. The van der Waals surface area contributed by atoms with Gasteiger partial charge < -0.3 is 18.9 Å². The Morgan fingerprint density at radius 3 is 2.77 bits per heavy atom. The average Bonchev–Trinajstić information content (AvgIpc) is 3.04. The largest absolute Gasteiger partial charge is 0.462 e. The van der Waals surface area contributed by atoms with E-state index in [1.54, 1.807) is 0 Å². The first kappa shape index (κ1) is 14.9. The van der Waals surface area contributed by atoms with Gasteiger partial charge in [0.1, 0.15) is 6.10 Å². The highest BCUT2D eigenvalue weighted by Crippen LogP contribution is 2.42. The molecule has 0 spiro atoms. The Morgan fingerprint density at radius 2 is 2.00 bits per heavy atom. The van der Waals surface area contributed by atoms with Gasteiger partial charge in [-0.3, -0.25) is 9.69 Å². The van der Waals surface area contributed by atoms with E-state index in [2.05, 4.69) is 4.90 Å². The lowest BCUT2D eigenvalue weighted by Gasteiger charge is -2.38. The van der Waals surface area contributed by atoms with Gasteiger partial charge in [0.15, 0.2) is 6.29 Å². The molecule has 3 aliphatic heterocycles. The second-order valence-corrected chi connectivity index (χ2v) is 6.74. The summed E-state index contributed by atoms with van der Waals surface area (Å²) in [7, 11) is 0. The maximum atomic E-state index is 11.7. The highest BCUT2D eigenvalue weighted by Gasteiger charge is 2.53. The van der Waals surface area contributed by atoms with Crippen LogP contribution in [0.2, 0.25) is 0 Å². The van der Waals surface area contributed by atoms with Crippen molar-refractivity contribution in [3.63, 3.8) is 0 Å². The molecule has 0 aromatic rings. The predicted octanol–water partition coefficient (Wildman–Crippen LogP) is 0.934. The minimum Gasteiger partial charge on any atom is -0.462 e. The quantitative estimate of drug-likeness (QED) is 0.723. The van der Waals surface area contributed by atoms with Gasteiger partial charge in [-0.15, -0.1) is 0 Å². The van der Waals surface area contributed by atoms with E-state index in [9.17, 15) is 4.79 Å². The van der Waals surface area contributed by atoms with Crippen LogP contribution >= 0.6 is 0 Å². The molecule has 6 nitrogen and oxygen atoms in total. The normalized spacial score (nSPS) is 43.1. The van der Waals surface area contributed by atoms with Crippen molar-refractivity contribution in [1.82, 2.24) is 4.90 Å². The first-order chi connectivity index (χ1) is 10.8. The zero-order valence-corrected chi connectivity index (χ0v) is 12.9. The average molecular weight is 311 g/mol. The third kappa shape index (κ3) is 2.89. The molecule has 3 heterocycles. The van der Waals surface area contributed by atoms with Gasteiger partial charge in [0.2, 0.25) is 0 Å². The molecular formula is C16H25NO5. The molecule has 4 aliphatic rings. The number of hydrogen-bond donors (Lipinski definition) is 0. The van der Waals surface area contributed by atoms with Gasteiger partial charge in [0.05, 0.1) is 25.7 Å². The molecule has 4 fully saturated rings. The van der Waals surface area contributed by atoms with Crippen molar-refractivity contribution in [2.24, 2.45) is 5.92 Å². The van der Waals surface area contributed by atoms with E-state index in [0.717, 1.165) is 52.2 Å². The van der Waals surface area contributed by atoms with E-state index in [1.807, 2.05) is 0 Å². The van der Waals surface area contributed by atoms with Crippen molar-refractivity contribution < 1.29 is 23.7 Å². The van der Waals surface area contributed by atoms with Gasteiger partial charge in [-0.1, -0.05) is 0 Å². The summed E-state index contributed by atoms with van der Waals surface area (Å²) in [4.78, 5) is 14.1. The standard InChI is InChI=1S/C16H25NO5/c18-14-9-11-12(21-14)10-13(22-15-3-1-2-6-20-15)16(11)17-4-7-19-8-5-17/h11-13,15-16H,1-10H2/t11-,12-,13-,15?,16-/m1/s1. The van der Waals surface area contributed by atoms with Crippen LogP contribution in [0.3, 0.4) is 0 Å². The zero-order valence-electron chi connectivity index (χ0n) is 12.9. The van der Waals surface area contributed by atoms with E-state index < -0.39 is 0 Å². The number of carbonyl (C=O) groups excluding carboxylic acids is 1. The van der Waals surface area contributed by atoms with Crippen LogP contribution in [0.1, 0.15) is 32.1 Å². The van der Waals surface area contributed by atoms with Crippen molar-refractivity contribution in [3.8, 4) is 0 Å². The highest BCUT2D eigenvalue weighted by atomic mass is 16.7. The van der Waals surface area contributed by atoms with Gasteiger partial charge in [-0.2, -0.15) is 0 Å². The fourth-order valence-corrected chi connectivity index (χ4v) is 4.37. The van der Waals surface area contributed by atoms with Crippen molar-refractivity contribution in [2.75, 3.05) is 32.9 Å². The lowest BCUT2D eigenvalue weighted by atomic mass is 9.97. The van der Waals surface area contributed by atoms with Gasteiger partial charge in [0, 0.05) is 38.1 Å². The molecule has 5 atom stereocenters. The maximum absolute atomic E-state index is 11.7.